The first-order chi connectivity index (χ1) is 8.38. The number of hydrogen-bond acceptors (Lipinski definition) is 4. The average Bonchev–Trinajstić information content (AvgIpc) is 2.33. The van der Waals surface area contributed by atoms with E-state index in [2.05, 4.69) is 5.32 Å². The van der Waals surface area contributed by atoms with E-state index in [9.17, 15) is 19.5 Å². The summed E-state index contributed by atoms with van der Waals surface area (Å²) in [7, 11) is 2.92. The zero-order chi connectivity index (χ0) is 14.3. The molecule has 0 saturated heterocycles. The van der Waals surface area contributed by atoms with E-state index in [0.29, 0.717) is 6.29 Å². The Morgan fingerprint density at radius 1 is 1.44 bits per heavy atom. The Hall–Kier alpha value is -1.69. The van der Waals surface area contributed by atoms with Crippen LogP contribution in [-0.2, 0) is 14.4 Å². The molecule has 0 saturated carbocycles. The van der Waals surface area contributed by atoms with E-state index in [1.165, 1.54) is 32.0 Å². The summed E-state index contributed by atoms with van der Waals surface area (Å²) in [6.45, 7) is 2.93. The van der Waals surface area contributed by atoms with Crippen LogP contribution in [0.25, 0.3) is 0 Å². The van der Waals surface area contributed by atoms with Gasteiger partial charge in [-0.2, -0.15) is 0 Å². The number of nitrogens with one attached hydrogen (secondary N) is 1. The van der Waals surface area contributed by atoms with Crippen molar-refractivity contribution in [1.82, 2.24) is 10.2 Å². The summed E-state index contributed by atoms with van der Waals surface area (Å²) in [5, 5.41) is 12.0. The number of allylic oxidation sites excluding steroid dienone is 1. The first-order valence-electron chi connectivity index (χ1n) is 5.64. The van der Waals surface area contributed by atoms with Crippen LogP contribution in [0, 0.1) is 5.92 Å². The maximum Gasteiger partial charge on any atom is 0.239 e. The van der Waals surface area contributed by atoms with Crippen molar-refractivity contribution in [2.75, 3.05) is 20.6 Å². The Morgan fingerprint density at radius 2 is 2.00 bits per heavy atom. The number of carbonyl (C=O) groups excluding carboxylic acids is 3. The Labute approximate surface area is 107 Å². The van der Waals surface area contributed by atoms with E-state index in [-0.39, 0.29) is 18.0 Å². The predicted octanol–water partition coefficient (Wildman–Crippen LogP) is -0.667. The van der Waals surface area contributed by atoms with Crippen molar-refractivity contribution in [3.63, 3.8) is 0 Å². The van der Waals surface area contributed by atoms with Gasteiger partial charge in [0, 0.05) is 19.7 Å². The van der Waals surface area contributed by atoms with Crippen molar-refractivity contribution >= 4 is 18.1 Å². The minimum Gasteiger partial charge on any atom is -0.392 e. The first-order valence-corrected chi connectivity index (χ1v) is 5.64. The fraction of sp³-hybridized carbons (Fsp3) is 0.583. The van der Waals surface area contributed by atoms with Crippen LogP contribution in [0.15, 0.2) is 11.6 Å². The molecule has 0 spiro atoms. The molecule has 0 aromatic carbocycles. The summed E-state index contributed by atoms with van der Waals surface area (Å²) in [6, 6.07) is 0. The molecule has 2 N–H and O–H groups in total. The maximum atomic E-state index is 12.1. The molecule has 2 atom stereocenters. The highest BCUT2D eigenvalue weighted by molar-refractivity contribution is 5.92. The lowest BCUT2D eigenvalue weighted by Crippen LogP contribution is -2.43. The molecule has 1 unspecified atom stereocenters. The minimum atomic E-state index is -0.999. The van der Waals surface area contributed by atoms with Crippen LogP contribution in [-0.4, -0.2) is 54.9 Å². The molecule has 0 heterocycles. The van der Waals surface area contributed by atoms with E-state index >= 15 is 0 Å². The third-order valence-electron chi connectivity index (χ3n) is 2.61. The molecule has 0 radical (unpaired) electrons. The molecule has 0 aromatic heterocycles. The molecule has 0 rings (SSSR count). The van der Waals surface area contributed by atoms with Gasteiger partial charge in [0.15, 0.2) is 0 Å². The summed E-state index contributed by atoms with van der Waals surface area (Å²) in [6.07, 6.45) is 1.03. The van der Waals surface area contributed by atoms with Crippen molar-refractivity contribution in [3.8, 4) is 0 Å². The molecule has 2 amide bonds. The quantitative estimate of drug-likeness (QED) is 0.487. The second-order valence-corrected chi connectivity index (χ2v) is 3.99. The highest BCUT2D eigenvalue weighted by Gasteiger charge is 2.30. The van der Waals surface area contributed by atoms with Gasteiger partial charge in [0.05, 0.1) is 18.6 Å². The summed E-state index contributed by atoms with van der Waals surface area (Å²) in [5.74, 6) is -1.72. The Bertz CT molecular complexity index is 350. The molecular formula is C12H20N2O4. The van der Waals surface area contributed by atoms with Crippen LogP contribution in [0.4, 0.5) is 0 Å². The van der Waals surface area contributed by atoms with Gasteiger partial charge in [-0.3, -0.25) is 14.4 Å². The van der Waals surface area contributed by atoms with Gasteiger partial charge in [-0.1, -0.05) is 6.08 Å². The molecule has 0 bridgehead atoms. The van der Waals surface area contributed by atoms with Crippen molar-refractivity contribution in [3.05, 3.63) is 11.6 Å². The second kappa shape index (κ2) is 7.60. The van der Waals surface area contributed by atoms with Gasteiger partial charge in [-0.25, -0.2) is 0 Å². The van der Waals surface area contributed by atoms with Crippen molar-refractivity contribution in [2.24, 2.45) is 5.92 Å². The highest BCUT2D eigenvalue weighted by atomic mass is 16.3. The van der Waals surface area contributed by atoms with E-state index in [1.807, 2.05) is 0 Å². The molecular weight excluding hydrogens is 236 g/mol. The SMILES string of the molecule is C/C=C(\C=O)C(C(=O)N(C)CC(=O)NC)[C@@H](C)O. The van der Waals surface area contributed by atoms with E-state index in [1.54, 1.807) is 6.92 Å². The standard InChI is InChI=1S/C12H20N2O4/c1-5-9(7-15)11(8(2)16)12(18)14(4)6-10(17)13-3/h5,7-8,11,16H,6H2,1-4H3,(H,13,17)/b9-5+/t8-,11?/m1/s1. The van der Waals surface area contributed by atoms with Crippen LogP contribution >= 0.6 is 0 Å². The number of nitrogens with zero attached hydrogens (tertiary/aromatic N) is 1. The van der Waals surface area contributed by atoms with Gasteiger partial charge < -0.3 is 15.3 Å². The number of hydrogen-bond donors (Lipinski definition) is 2. The summed E-state index contributed by atoms with van der Waals surface area (Å²) in [4.78, 5) is 35.3. The van der Waals surface area contributed by atoms with Gasteiger partial charge >= 0.3 is 0 Å². The van der Waals surface area contributed by atoms with Crippen LogP contribution in [0.3, 0.4) is 0 Å². The van der Waals surface area contributed by atoms with E-state index in [4.69, 9.17) is 0 Å². The molecule has 0 aliphatic carbocycles. The number of amides is 2. The van der Waals surface area contributed by atoms with Crippen molar-refractivity contribution in [1.29, 1.82) is 0 Å². The van der Waals surface area contributed by atoms with Crippen molar-refractivity contribution in [2.45, 2.75) is 20.0 Å². The molecule has 6 heteroatoms. The molecule has 0 aliphatic heterocycles. The number of likely N-dealkylation sites (N-methyl/N-ethyl adjacent to an activating group) is 2. The lowest BCUT2D eigenvalue weighted by molar-refractivity contribution is -0.139. The predicted molar refractivity (Wildman–Crippen MR) is 66.7 cm³/mol. The fourth-order valence-electron chi connectivity index (χ4n) is 1.56. The fourth-order valence-corrected chi connectivity index (χ4v) is 1.56. The maximum absolute atomic E-state index is 12.1. The summed E-state index contributed by atoms with van der Waals surface area (Å²) < 4.78 is 0. The smallest absolute Gasteiger partial charge is 0.239 e. The third kappa shape index (κ3) is 4.29. The molecule has 0 fully saturated rings. The monoisotopic (exact) mass is 256 g/mol. The van der Waals surface area contributed by atoms with Gasteiger partial charge in [0.25, 0.3) is 0 Å². The molecule has 102 valence electrons. The topological polar surface area (TPSA) is 86.7 Å². The van der Waals surface area contributed by atoms with Gasteiger partial charge in [0.2, 0.25) is 11.8 Å². The largest absolute Gasteiger partial charge is 0.392 e. The van der Waals surface area contributed by atoms with Crippen LogP contribution in [0.2, 0.25) is 0 Å². The molecule has 6 nitrogen and oxygen atoms in total. The first kappa shape index (κ1) is 16.3. The number of aldehydes is 1. The zero-order valence-electron chi connectivity index (χ0n) is 11.1. The van der Waals surface area contributed by atoms with E-state index < -0.39 is 17.9 Å². The van der Waals surface area contributed by atoms with E-state index in [0.717, 1.165) is 0 Å². The zero-order valence-corrected chi connectivity index (χ0v) is 11.1. The Balaban J connectivity index is 4.98. The summed E-state index contributed by atoms with van der Waals surface area (Å²) in [5.41, 5.74) is 0.207. The molecule has 0 aromatic rings. The lowest BCUT2D eigenvalue weighted by atomic mass is 9.93. The average molecular weight is 256 g/mol. The minimum absolute atomic E-state index is 0.117. The van der Waals surface area contributed by atoms with Crippen LogP contribution < -0.4 is 5.32 Å². The second-order valence-electron chi connectivity index (χ2n) is 3.99. The highest BCUT2D eigenvalue weighted by Crippen LogP contribution is 2.16. The lowest BCUT2D eigenvalue weighted by Gasteiger charge is -2.25. The van der Waals surface area contributed by atoms with Crippen molar-refractivity contribution < 1.29 is 19.5 Å². The molecule has 18 heavy (non-hydrogen) atoms. The number of rotatable bonds is 6. The van der Waals surface area contributed by atoms with Gasteiger partial charge in [-0.15, -0.1) is 0 Å². The molecule has 0 aliphatic rings. The summed E-state index contributed by atoms with van der Waals surface area (Å²) >= 11 is 0. The van der Waals surface area contributed by atoms with Gasteiger partial charge in [0.1, 0.15) is 6.29 Å². The Kier molecular flexibility index (Phi) is 6.89. The van der Waals surface area contributed by atoms with Crippen LogP contribution in [0.1, 0.15) is 13.8 Å². The van der Waals surface area contributed by atoms with Gasteiger partial charge in [-0.05, 0) is 13.8 Å². The number of carbonyl (C=O) groups is 3. The third-order valence-corrected chi connectivity index (χ3v) is 2.61. The number of aliphatic hydroxyl groups excluding tert-OH is 1. The Morgan fingerprint density at radius 3 is 2.33 bits per heavy atom. The normalized spacial score (nSPS) is 14.6. The number of aliphatic hydroxyl groups is 1. The van der Waals surface area contributed by atoms with Crippen LogP contribution in [0.5, 0.6) is 0 Å².